The number of ketones is 1. The van der Waals surface area contributed by atoms with Crippen LogP contribution in [0.5, 0.6) is 0 Å². The van der Waals surface area contributed by atoms with E-state index in [9.17, 15) is 22.8 Å². The lowest BCUT2D eigenvalue weighted by Gasteiger charge is -2.25. The molecule has 11 heteroatoms. The van der Waals surface area contributed by atoms with Crippen molar-refractivity contribution in [3.05, 3.63) is 47.0 Å². The molecular formula is C30H44N4O5S2. The van der Waals surface area contributed by atoms with Crippen LogP contribution >= 0.6 is 11.8 Å². The summed E-state index contributed by atoms with van der Waals surface area (Å²) in [6, 6.07) is 9.57. The first-order valence-corrected chi connectivity index (χ1v) is 15.8. The van der Waals surface area contributed by atoms with Gasteiger partial charge >= 0.3 is 0 Å². The number of likely N-dealkylation sites (N-methyl/N-ethyl adjacent to an activating group) is 1. The summed E-state index contributed by atoms with van der Waals surface area (Å²) in [7, 11) is 3.57. The largest absolute Gasteiger partial charge is 0.377 e. The van der Waals surface area contributed by atoms with Crippen LogP contribution in [0, 0.1) is 5.41 Å². The maximum absolute atomic E-state index is 13.4. The third-order valence-electron chi connectivity index (χ3n) is 6.62. The molecule has 1 N–H and O–H groups in total. The molecular weight excluding hydrogens is 560 g/mol. The molecule has 0 spiro atoms. The number of fused-ring (bicyclic) bond motifs is 1. The van der Waals surface area contributed by atoms with Crippen molar-refractivity contribution in [1.29, 1.82) is 0 Å². The molecule has 0 aliphatic heterocycles. The van der Waals surface area contributed by atoms with Crippen molar-refractivity contribution in [2.24, 2.45) is 5.41 Å². The van der Waals surface area contributed by atoms with Crippen molar-refractivity contribution >= 4 is 55.6 Å². The van der Waals surface area contributed by atoms with Gasteiger partial charge in [-0.2, -0.15) is 0 Å². The van der Waals surface area contributed by atoms with Crippen molar-refractivity contribution in [2.45, 2.75) is 58.4 Å². The van der Waals surface area contributed by atoms with Gasteiger partial charge in [0.15, 0.2) is 10.9 Å². The first kappa shape index (κ1) is 34.5. The number of hydrogen-bond donors (Lipinski definition) is 1. The van der Waals surface area contributed by atoms with Crippen LogP contribution in [-0.2, 0) is 24.4 Å². The molecule has 41 heavy (non-hydrogen) atoms. The van der Waals surface area contributed by atoms with E-state index in [1.54, 1.807) is 25.1 Å². The van der Waals surface area contributed by atoms with Gasteiger partial charge in [-0.15, -0.1) is 0 Å². The Hall–Kier alpha value is -2.73. The fraction of sp³-hybridized carbons (Fsp3) is 0.500. The number of rotatable bonds is 14. The van der Waals surface area contributed by atoms with Crippen molar-refractivity contribution in [3.8, 4) is 0 Å². The number of amides is 1. The molecule has 0 aliphatic rings. The summed E-state index contributed by atoms with van der Waals surface area (Å²) < 4.78 is 29.4. The monoisotopic (exact) mass is 604 g/mol. The molecule has 2 aromatic carbocycles. The van der Waals surface area contributed by atoms with Gasteiger partial charge in [0.2, 0.25) is 16.4 Å². The number of nitrogens with zero attached hydrogens (tertiary/aromatic N) is 3. The molecule has 0 saturated heterocycles. The Balaban J connectivity index is 2.28. The van der Waals surface area contributed by atoms with E-state index in [0.29, 0.717) is 29.1 Å². The van der Waals surface area contributed by atoms with Gasteiger partial charge in [0.25, 0.3) is 0 Å². The number of Topliss-reactive ketones (excluding diaryl/α,β-unsaturated/α-hetero) is 1. The van der Waals surface area contributed by atoms with Crippen LogP contribution in [0.4, 0.5) is 5.69 Å². The summed E-state index contributed by atoms with van der Waals surface area (Å²) in [6.45, 7) is 9.79. The van der Waals surface area contributed by atoms with Gasteiger partial charge in [-0.3, -0.25) is 14.4 Å². The molecule has 0 bridgehead atoms. The number of anilines is 1. The maximum atomic E-state index is 13.4. The summed E-state index contributed by atoms with van der Waals surface area (Å²) >= 11 is 1.04. The normalized spacial score (nSPS) is 13.6. The zero-order valence-corrected chi connectivity index (χ0v) is 27.3. The molecule has 2 rings (SSSR count). The number of allylic oxidation sites excluding steroid dienone is 2. The molecule has 0 aliphatic carbocycles. The predicted molar refractivity (Wildman–Crippen MR) is 168 cm³/mol. The Bertz CT molecular complexity index is 1400. The molecule has 9 nitrogen and oxygen atoms in total. The van der Waals surface area contributed by atoms with Crippen LogP contribution in [0.3, 0.4) is 0 Å². The summed E-state index contributed by atoms with van der Waals surface area (Å²) in [5, 5.41) is 1.27. The molecule has 226 valence electrons. The van der Waals surface area contributed by atoms with Crippen LogP contribution in [0.2, 0.25) is 0 Å². The average Bonchev–Trinajstić information content (AvgIpc) is 2.88. The van der Waals surface area contributed by atoms with Crippen LogP contribution < -0.4 is 9.62 Å². The molecule has 0 aromatic heterocycles. The molecule has 0 fully saturated rings. The lowest BCUT2D eigenvalue weighted by Crippen LogP contribution is -2.38. The van der Waals surface area contributed by atoms with Crippen LogP contribution in [0.1, 0.15) is 47.5 Å². The summed E-state index contributed by atoms with van der Waals surface area (Å²) in [5.74, 6) is -0.317. The third kappa shape index (κ3) is 9.39. The second kappa shape index (κ2) is 14.4. The molecule has 0 saturated carbocycles. The lowest BCUT2D eigenvalue weighted by atomic mass is 10.00. The van der Waals surface area contributed by atoms with Gasteiger partial charge in [0.1, 0.15) is 0 Å². The predicted octanol–water partition coefficient (Wildman–Crippen LogP) is 4.48. The number of hydrogen-bond acceptors (Lipinski definition) is 8. The number of benzene rings is 2. The summed E-state index contributed by atoms with van der Waals surface area (Å²) in [5.41, 5.74) is 0.873. The molecule has 1 amide bonds. The third-order valence-corrected chi connectivity index (χ3v) is 9.76. The highest BCUT2D eigenvalue weighted by Crippen LogP contribution is 2.34. The van der Waals surface area contributed by atoms with Crippen molar-refractivity contribution in [3.63, 3.8) is 0 Å². The molecule has 1 unspecified atom stereocenters. The highest BCUT2D eigenvalue weighted by atomic mass is 32.2. The standard InChI is InChI=1S/C30H44N4O5S2/c1-21(31-41(38,39)28-15-11-12-23-24(28)13-10-14-25(23)33(8)9)26(36)16-17-27(40-29(37)30(3,4)5)22(2)34(20-35)19-18-32(6)7/h10-15,20-21,31H,16-19H2,1-9H3. The smallest absolute Gasteiger partial charge is 0.241 e. The second-order valence-electron chi connectivity index (χ2n) is 11.6. The van der Waals surface area contributed by atoms with E-state index in [-0.39, 0.29) is 28.6 Å². The summed E-state index contributed by atoms with van der Waals surface area (Å²) in [6.07, 6.45) is 0.933. The number of sulfonamides is 1. The van der Waals surface area contributed by atoms with Crippen LogP contribution in [-0.4, -0.2) is 82.8 Å². The first-order chi connectivity index (χ1) is 19.0. The topological polar surface area (TPSA) is 107 Å². The van der Waals surface area contributed by atoms with Gasteiger partial charge in [-0.05, 0) is 46.5 Å². The van der Waals surface area contributed by atoms with Crippen molar-refractivity contribution < 1.29 is 22.8 Å². The Kier molecular flexibility index (Phi) is 12.1. The minimum Gasteiger partial charge on any atom is -0.377 e. The fourth-order valence-electron chi connectivity index (χ4n) is 4.04. The Morgan fingerprint density at radius 2 is 1.59 bits per heavy atom. The van der Waals surface area contributed by atoms with Crippen molar-refractivity contribution in [2.75, 3.05) is 46.2 Å². The number of carbonyl (C=O) groups is 3. The first-order valence-electron chi connectivity index (χ1n) is 13.5. The van der Waals surface area contributed by atoms with Crippen LogP contribution in [0.15, 0.2) is 51.9 Å². The van der Waals surface area contributed by atoms with E-state index in [2.05, 4.69) is 4.72 Å². The fourth-order valence-corrected chi connectivity index (χ4v) is 6.49. The van der Waals surface area contributed by atoms with Crippen molar-refractivity contribution in [1.82, 2.24) is 14.5 Å². The lowest BCUT2D eigenvalue weighted by molar-refractivity contribution is -0.120. The zero-order valence-electron chi connectivity index (χ0n) is 25.6. The maximum Gasteiger partial charge on any atom is 0.241 e. The summed E-state index contributed by atoms with van der Waals surface area (Å²) in [4.78, 5) is 44.1. The second-order valence-corrected chi connectivity index (χ2v) is 14.3. The quantitative estimate of drug-likeness (QED) is 0.315. The van der Waals surface area contributed by atoms with E-state index >= 15 is 0 Å². The highest BCUT2D eigenvalue weighted by molar-refractivity contribution is 8.17. The molecule has 2 aromatic rings. The Morgan fingerprint density at radius 3 is 2.15 bits per heavy atom. The SMILES string of the molecule is CC(=C(CCC(=O)C(C)NS(=O)(=O)c1cccc2c(N(C)C)cccc12)SC(=O)C(C)(C)C)N(C=O)CCN(C)C. The number of thioether (sulfide) groups is 1. The molecule has 1 atom stereocenters. The zero-order chi connectivity index (χ0) is 31.1. The van der Waals surface area contributed by atoms with E-state index < -0.39 is 21.5 Å². The highest BCUT2D eigenvalue weighted by Gasteiger charge is 2.27. The average molecular weight is 605 g/mol. The van der Waals surface area contributed by atoms with E-state index in [1.165, 1.54) is 17.9 Å². The van der Waals surface area contributed by atoms with Gasteiger partial charge in [-0.1, -0.05) is 56.8 Å². The van der Waals surface area contributed by atoms with Crippen LogP contribution in [0.25, 0.3) is 10.8 Å². The Morgan fingerprint density at radius 1 is 0.976 bits per heavy atom. The minimum absolute atomic E-state index is 0.00146. The molecule has 0 radical (unpaired) electrons. The number of nitrogens with one attached hydrogen (secondary N) is 1. The molecule has 0 heterocycles. The van der Waals surface area contributed by atoms with Gasteiger partial charge < -0.3 is 14.7 Å². The van der Waals surface area contributed by atoms with E-state index in [0.717, 1.165) is 29.2 Å². The minimum atomic E-state index is -4.02. The van der Waals surface area contributed by atoms with E-state index in [1.807, 2.05) is 70.9 Å². The van der Waals surface area contributed by atoms with Gasteiger partial charge in [0.05, 0.1) is 10.9 Å². The van der Waals surface area contributed by atoms with E-state index in [4.69, 9.17) is 0 Å². The van der Waals surface area contributed by atoms with Gasteiger partial charge in [-0.25, -0.2) is 13.1 Å². The Labute approximate surface area is 249 Å². The number of carbonyl (C=O) groups excluding carboxylic acids is 3. The van der Waals surface area contributed by atoms with Gasteiger partial charge in [0, 0.05) is 66.1 Å².